The SMILES string of the molecule is CCCOC(=NC(=O)c1ccc(Cl)c(Cl)c1)N(C)CCc1ccc(OC)c(OC)c1. The minimum Gasteiger partial charge on any atom is -0.493 e. The Morgan fingerprint density at radius 2 is 1.77 bits per heavy atom. The average Bonchev–Trinajstić information content (AvgIpc) is 2.76. The number of carbonyl (C=O) groups is 1. The number of hydrogen-bond donors (Lipinski definition) is 0. The van der Waals surface area contributed by atoms with Gasteiger partial charge in [-0.3, -0.25) is 4.79 Å². The molecule has 0 N–H and O–H groups in total. The zero-order valence-electron chi connectivity index (χ0n) is 17.6. The first-order chi connectivity index (χ1) is 14.4. The number of hydrogen-bond acceptors (Lipinski definition) is 4. The summed E-state index contributed by atoms with van der Waals surface area (Å²) in [4.78, 5) is 18.6. The normalized spacial score (nSPS) is 11.2. The lowest BCUT2D eigenvalue weighted by molar-refractivity contribution is 0.0994. The third-order valence-corrected chi connectivity index (χ3v) is 5.05. The quantitative estimate of drug-likeness (QED) is 0.411. The van der Waals surface area contributed by atoms with Gasteiger partial charge in [0.15, 0.2) is 11.5 Å². The molecule has 162 valence electrons. The third-order valence-electron chi connectivity index (χ3n) is 4.31. The third kappa shape index (κ3) is 6.54. The van der Waals surface area contributed by atoms with Gasteiger partial charge in [0.2, 0.25) is 0 Å². The van der Waals surface area contributed by atoms with Crippen molar-refractivity contribution in [3.8, 4) is 11.5 Å². The number of halogens is 2. The summed E-state index contributed by atoms with van der Waals surface area (Å²) in [7, 11) is 5.03. The Morgan fingerprint density at radius 1 is 1.03 bits per heavy atom. The molecule has 0 aliphatic heterocycles. The van der Waals surface area contributed by atoms with Gasteiger partial charge in [0.1, 0.15) is 0 Å². The molecule has 0 aliphatic carbocycles. The summed E-state index contributed by atoms with van der Waals surface area (Å²) in [6, 6.07) is 10.7. The van der Waals surface area contributed by atoms with Crippen LogP contribution in [-0.4, -0.2) is 51.2 Å². The van der Waals surface area contributed by atoms with E-state index in [1.165, 1.54) is 6.07 Å². The fourth-order valence-corrected chi connectivity index (χ4v) is 2.93. The smallest absolute Gasteiger partial charge is 0.295 e. The Hall–Kier alpha value is -2.44. The van der Waals surface area contributed by atoms with Crippen molar-refractivity contribution in [2.75, 3.05) is 34.4 Å². The Balaban J connectivity index is 2.14. The molecule has 0 saturated heterocycles. The van der Waals surface area contributed by atoms with Crippen LogP contribution in [0.3, 0.4) is 0 Å². The van der Waals surface area contributed by atoms with Gasteiger partial charge in [-0.2, -0.15) is 4.99 Å². The first-order valence-corrected chi connectivity index (χ1v) is 10.3. The highest BCUT2D eigenvalue weighted by atomic mass is 35.5. The lowest BCUT2D eigenvalue weighted by atomic mass is 10.1. The lowest BCUT2D eigenvalue weighted by Crippen LogP contribution is -2.32. The first-order valence-electron chi connectivity index (χ1n) is 9.52. The standard InChI is InChI=1S/C22H26Cl2N2O4/c1-5-12-30-22(25-21(27)16-7-8-17(23)18(24)14-16)26(2)11-10-15-6-9-19(28-3)20(13-15)29-4/h6-9,13-14H,5,10-12H2,1-4H3. The van der Waals surface area contributed by atoms with Gasteiger partial charge in [0.05, 0.1) is 30.9 Å². The molecule has 0 unspecified atom stereocenters. The highest BCUT2D eigenvalue weighted by Gasteiger charge is 2.14. The van der Waals surface area contributed by atoms with Gasteiger partial charge >= 0.3 is 0 Å². The molecular weight excluding hydrogens is 427 g/mol. The van der Waals surface area contributed by atoms with E-state index < -0.39 is 5.91 Å². The number of nitrogens with zero attached hydrogens (tertiary/aromatic N) is 2. The summed E-state index contributed by atoms with van der Waals surface area (Å²) < 4.78 is 16.3. The zero-order chi connectivity index (χ0) is 22.1. The maximum Gasteiger partial charge on any atom is 0.295 e. The van der Waals surface area contributed by atoms with Crippen LogP contribution in [0.1, 0.15) is 29.3 Å². The molecule has 0 heterocycles. The maximum atomic E-state index is 12.6. The Labute approximate surface area is 187 Å². The van der Waals surface area contributed by atoms with E-state index in [2.05, 4.69) is 4.99 Å². The Morgan fingerprint density at radius 3 is 2.40 bits per heavy atom. The number of aliphatic imine (C=N–C) groups is 1. The highest BCUT2D eigenvalue weighted by Crippen LogP contribution is 2.27. The number of carbonyl (C=O) groups excluding carboxylic acids is 1. The summed E-state index contributed by atoms with van der Waals surface area (Å²) in [5.41, 5.74) is 1.40. The summed E-state index contributed by atoms with van der Waals surface area (Å²) >= 11 is 11.9. The molecule has 1 amide bonds. The summed E-state index contributed by atoms with van der Waals surface area (Å²) in [5.74, 6) is 0.900. The predicted octanol–water partition coefficient (Wildman–Crippen LogP) is 5.11. The van der Waals surface area contributed by atoms with E-state index in [4.69, 9.17) is 37.4 Å². The molecule has 0 radical (unpaired) electrons. The number of methoxy groups -OCH3 is 2. The van der Waals surface area contributed by atoms with Gasteiger partial charge in [-0.15, -0.1) is 0 Å². The zero-order valence-corrected chi connectivity index (χ0v) is 19.1. The van der Waals surface area contributed by atoms with Crippen LogP contribution in [-0.2, 0) is 11.2 Å². The molecule has 2 rings (SSSR count). The van der Waals surface area contributed by atoms with E-state index in [0.717, 1.165) is 12.0 Å². The van der Waals surface area contributed by atoms with Crippen molar-refractivity contribution in [3.05, 3.63) is 57.6 Å². The molecule has 6 nitrogen and oxygen atoms in total. The summed E-state index contributed by atoms with van der Waals surface area (Å²) in [6.07, 6.45) is 1.50. The average molecular weight is 453 g/mol. The number of amidine groups is 1. The lowest BCUT2D eigenvalue weighted by Gasteiger charge is -2.21. The van der Waals surface area contributed by atoms with Gasteiger partial charge < -0.3 is 19.1 Å². The van der Waals surface area contributed by atoms with Crippen molar-refractivity contribution in [1.29, 1.82) is 0 Å². The first kappa shape index (κ1) is 23.8. The summed E-state index contributed by atoms with van der Waals surface area (Å²) in [5, 5.41) is 0.683. The van der Waals surface area contributed by atoms with E-state index in [1.807, 2.05) is 37.1 Å². The van der Waals surface area contributed by atoms with Crippen molar-refractivity contribution < 1.29 is 19.0 Å². The monoisotopic (exact) mass is 452 g/mol. The molecule has 0 saturated carbocycles. The van der Waals surface area contributed by atoms with Crippen LogP contribution in [0.5, 0.6) is 11.5 Å². The van der Waals surface area contributed by atoms with Crippen molar-refractivity contribution in [2.24, 2.45) is 4.99 Å². The molecule has 0 atom stereocenters. The number of ether oxygens (including phenoxy) is 3. The Kier molecular flexibility index (Phi) is 9.27. The largest absolute Gasteiger partial charge is 0.493 e. The molecule has 2 aromatic rings. The van der Waals surface area contributed by atoms with Crippen molar-refractivity contribution in [1.82, 2.24) is 4.90 Å². The molecule has 2 aromatic carbocycles. The molecular formula is C22H26Cl2N2O4. The van der Waals surface area contributed by atoms with E-state index in [9.17, 15) is 4.79 Å². The molecule has 0 fully saturated rings. The van der Waals surface area contributed by atoms with Crippen LogP contribution >= 0.6 is 23.2 Å². The molecule has 8 heteroatoms. The fourth-order valence-electron chi connectivity index (χ4n) is 2.63. The van der Waals surface area contributed by atoms with Crippen LogP contribution in [0, 0.1) is 0 Å². The van der Waals surface area contributed by atoms with Crippen molar-refractivity contribution in [3.63, 3.8) is 0 Å². The maximum absolute atomic E-state index is 12.6. The number of rotatable bonds is 8. The second kappa shape index (κ2) is 11.7. The van der Waals surface area contributed by atoms with Crippen LogP contribution < -0.4 is 9.47 Å². The minimum absolute atomic E-state index is 0.258. The molecule has 30 heavy (non-hydrogen) atoms. The van der Waals surface area contributed by atoms with Gasteiger partial charge in [0, 0.05) is 19.2 Å². The second-order valence-electron chi connectivity index (χ2n) is 6.54. The van der Waals surface area contributed by atoms with E-state index in [0.29, 0.717) is 46.7 Å². The van der Waals surface area contributed by atoms with E-state index in [-0.39, 0.29) is 6.02 Å². The summed E-state index contributed by atoms with van der Waals surface area (Å²) in [6.45, 7) is 3.03. The molecule has 0 aliphatic rings. The van der Waals surface area contributed by atoms with Crippen LogP contribution in [0.4, 0.5) is 0 Å². The molecule has 0 aromatic heterocycles. The number of likely N-dealkylation sites (N-methyl/N-ethyl adjacent to an activating group) is 1. The van der Waals surface area contributed by atoms with Gasteiger partial charge in [-0.1, -0.05) is 36.2 Å². The predicted molar refractivity (Wildman–Crippen MR) is 120 cm³/mol. The van der Waals surface area contributed by atoms with Crippen LogP contribution in [0.2, 0.25) is 10.0 Å². The van der Waals surface area contributed by atoms with Gasteiger partial charge in [-0.05, 0) is 48.7 Å². The molecule has 0 bridgehead atoms. The van der Waals surface area contributed by atoms with E-state index in [1.54, 1.807) is 26.4 Å². The topological polar surface area (TPSA) is 60.4 Å². The number of benzene rings is 2. The number of amides is 1. The van der Waals surface area contributed by atoms with Crippen LogP contribution in [0.25, 0.3) is 0 Å². The van der Waals surface area contributed by atoms with E-state index >= 15 is 0 Å². The second-order valence-corrected chi connectivity index (χ2v) is 7.35. The van der Waals surface area contributed by atoms with Gasteiger partial charge in [0.25, 0.3) is 11.9 Å². The van der Waals surface area contributed by atoms with Gasteiger partial charge in [-0.25, -0.2) is 0 Å². The van der Waals surface area contributed by atoms with Crippen LogP contribution in [0.15, 0.2) is 41.4 Å². The Bertz CT molecular complexity index is 903. The van der Waals surface area contributed by atoms with Crippen molar-refractivity contribution >= 4 is 35.1 Å². The molecule has 0 spiro atoms. The van der Waals surface area contributed by atoms with Crippen molar-refractivity contribution in [2.45, 2.75) is 19.8 Å². The highest BCUT2D eigenvalue weighted by molar-refractivity contribution is 6.42. The minimum atomic E-state index is -0.447. The fraction of sp³-hybridized carbons (Fsp3) is 0.364.